The molecule has 88 valence electrons. The molecule has 1 unspecified atom stereocenters. The highest BCUT2D eigenvalue weighted by Crippen LogP contribution is 2.18. The number of rotatable bonds is 7. The summed E-state index contributed by atoms with van der Waals surface area (Å²) in [6.07, 6.45) is 2.91. The lowest BCUT2D eigenvalue weighted by Crippen LogP contribution is -2.19. The van der Waals surface area contributed by atoms with E-state index < -0.39 is 0 Å². The van der Waals surface area contributed by atoms with Gasteiger partial charge >= 0.3 is 0 Å². The fourth-order valence-electron chi connectivity index (χ4n) is 1.51. The minimum atomic E-state index is 0.368. The van der Waals surface area contributed by atoms with Gasteiger partial charge in [-0.2, -0.15) is 0 Å². The van der Waals surface area contributed by atoms with E-state index in [9.17, 15) is 0 Å². The maximum atomic E-state index is 5.50. The summed E-state index contributed by atoms with van der Waals surface area (Å²) in [6, 6.07) is 8.56. The molecule has 2 nitrogen and oxygen atoms in total. The van der Waals surface area contributed by atoms with Gasteiger partial charge in [-0.25, -0.2) is 0 Å². The van der Waals surface area contributed by atoms with Crippen LogP contribution in [0.3, 0.4) is 0 Å². The van der Waals surface area contributed by atoms with Crippen LogP contribution in [0.5, 0.6) is 5.75 Å². The molecule has 0 aliphatic rings. The highest BCUT2D eigenvalue weighted by Gasteiger charge is 2.04. The molecule has 0 bridgehead atoms. The minimum absolute atomic E-state index is 0.368. The van der Waals surface area contributed by atoms with Gasteiger partial charge in [-0.3, -0.25) is 0 Å². The average molecular weight is 219 g/mol. The van der Waals surface area contributed by atoms with E-state index in [4.69, 9.17) is 4.74 Å². The van der Waals surface area contributed by atoms with E-state index in [-0.39, 0.29) is 0 Å². The Morgan fingerprint density at radius 3 is 3.00 bits per heavy atom. The maximum Gasteiger partial charge on any atom is 0.120 e. The summed E-state index contributed by atoms with van der Waals surface area (Å²) >= 11 is 0. The Kier molecular flexibility index (Phi) is 5.65. The Morgan fingerprint density at radius 1 is 1.50 bits per heavy atom. The van der Waals surface area contributed by atoms with Crippen LogP contribution in [0.15, 0.2) is 36.9 Å². The van der Waals surface area contributed by atoms with Gasteiger partial charge in [0.2, 0.25) is 0 Å². The molecule has 0 spiro atoms. The second-order valence-electron chi connectivity index (χ2n) is 3.85. The first-order chi connectivity index (χ1) is 7.77. The predicted molar refractivity (Wildman–Crippen MR) is 68.8 cm³/mol. The van der Waals surface area contributed by atoms with E-state index in [2.05, 4.69) is 37.9 Å². The molecule has 1 atom stereocenters. The molecule has 1 rings (SSSR count). The van der Waals surface area contributed by atoms with Crippen molar-refractivity contribution in [1.29, 1.82) is 0 Å². The summed E-state index contributed by atoms with van der Waals surface area (Å²) in [5.74, 6) is 0.905. The third-order valence-electron chi connectivity index (χ3n) is 2.43. The van der Waals surface area contributed by atoms with Crippen molar-refractivity contribution in [2.75, 3.05) is 13.2 Å². The molecule has 16 heavy (non-hydrogen) atoms. The highest BCUT2D eigenvalue weighted by atomic mass is 16.5. The van der Waals surface area contributed by atoms with Crippen molar-refractivity contribution in [2.24, 2.45) is 0 Å². The van der Waals surface area contributed by atoms with Crippen molar-refractivity contribution in [3.63, 3.8) is 0 Å². The largest absolute Gasteiger partial charge is 0.490 e. The van der Waals surface area contributed by atoms with E-state index in [1.54, 1.807) is 6.08 Å². The van der Waals surface area contributed by atoms with Crippen LogP contribution in [0.25, 0.3) is 0 Å². The molecule has 0 aliphatic carbocycles. The average Bonchev–Trinajstić information content (AvgIpc) is 2.33. The molecule has 1 aromatic carbocycles. The maximum absolute atomic E-state index is 5.50. The number of ether oxygens (including phenoxy) is 1. The van der Waals surface area contributed by atoms with E-state index in [1.807, 2.05) is 12.1 Å². The summed E-state index contributed by atoms with van der Waals surface area (Å²) < 4.78 is 5.50. The van der Waals surface area contributed by atoms with Crippen LogP contribution in [-0.4, -0.2) is 13.2 Å². The first-order valence-electron chi connectivity index (χ1n) is 5.85. The van der Waals surface area contributed by atoms with Gasteiger partial charge in [0.25, 0.3) is 0 Å². The van der Waals surface area contributed by atoms with Crippen LogP contribution < -0.4 is 10.1 Å². The molecule has 0 radical (unpaired) electrons. The highest BCUT2D eigenvalue weighted by molar-refractivity contribution is 5.30. The summed E-state index contributed by atoms with van der Waals surface area (Å²) in [7, 11) is 0. The van der Waals surface area contributed by atoms with E-state index in [0.29, 0.717) is 12.6 Å². The van der Waals surface area contributed by atoms with Crippen LogP contribution in [0.4, 0.5) is 0 Å². The quantitative estimate of drug-likeness (QED) is 0.710. The zero-order chi connectivity index (χ0) is 11.8. The molecule has 0 saturated heterocycles. The Bertz CT molecular complexity index is 322. The van der Waals surface area contributed by atoms with E-state index in [0.717, 1.165) is 18.7 Å². The molecular weight excluding hydrogens is 198 g/mol. The van der Waals surface area contributed by atoms with Crippen LogP contribution in [0.2, 0.25) is 0 Å². The number of hydrogen-bond donors (Lipinski definition) is 1. The van der Waals surface area contributed by atoms with Gasteiger partial charge in [0.1, 0.15) is 12.4 Å². The summed E-state index contributed by atoms with van der Waals surface area (Å²) in [6.45, 7) is 9.57. The monoisotopic (exact) mass is 219 g/mol. The third kappa shape index (κ3) is 4.07. The number of nitrogens with one attached hydrogen (secondary N) is 1. The number of benzene rings is 1. The number of hydrogen-bond acceptors (Lipinski definition) is 2. The molecule has 2 heteroatoms. The first-order valence-corrected chi connectivity index (χ1v) is 5.85. The van der Waals surface area contributed by atoms with Crippen molar-refractivity contribution in [1.82, 2.24) is 5.32 Å². The van der Waals surface area contributed by atoms with Crippen LogP contribution in [0.1, 0.15) is 31.9 Å². The van der Waals surface area contributed by atoms with Crippen LogP contribution in [0, 0.1) is 0 Å². The van der Waals surface area contributed by atoms with Crippen molar-refractivity contribution >= 4 is 0 Å². The fourth-order valence-corrected chi connectivity index (χ4v) is 1.51. The van der Waals surface area contributed by atoms with Crippen molar-refractivity contribution in [3.05, 3.63) is 42.5 Å². The van der Waals surface area contributed by atoms with Crippen LogP contribution in [-0.2, 0) is 0 Å². The van der Waals surface area contributed by atoms with Crippen molar-refractivity contribution < 1.29 is 4.74 Å². The van der Waals surface area contributed by atoms with E-state index in [1.165, 1.54) is 5.56 Å². The fraction of sp³-hybridized carbons (Fsp3) is 0.429. The van der Waals surface area contributed by atoms with Gasteiger partial charge in [-0.1, -0.05) is 31.7 Å². The summed E-state index contributed by atoms with van der Waals surface area (Å²) in [5, 5.41) is 3.46. The van der Waals surface area contributed by atoms with E-state index >= 15 is 0 Å². The van der Waals surface area contributed by atoms with Crippen LogP contribution >= 0.6 is 0 Å². The lowest BCUT2D eigenvalue weighted by Gasteiger charge is -2.14. The summed E-state index contributed by atoms with van der Waals surface area (Å²) in [4.78, 5) is 0. The van der Waals surface area contributed by atoms with Gasteiger partial charge in [0.15, 0.2) is 0 Å². The minimum Gasteiger partial charge on any atom is -0.490 e. The second kappa shape index (κ2) is 7.07. The lowest BCUT2D eigenvalue weighted by atomic mass is 10.1. The Hall–Kier alpha value is -1.28. The van der Waals surface area contributed by atoms with Gasteiger partial charge in [-0.15, -0.1) is 0 Å². The van der Waals surface area contributed by atoms with Gasteiger partial charge in [0.05, 0.1) is 0 Å². The molecule has 0 heterocycles. The standard InChI is InChI=1S/C14H21NO/c1-4-9-15-12(3)13-7-6-8-14(11-13)16-10-5-2/h5-8,11-12,15H,2,4,9-10H2,1,3H3. The molecule has 0 saturated carbocycles. The smallest absolute Gasteiger partial charge is 0.120 e. The van der Waals surface area contributed by atoms with Crippen molar-refractivity contribution in [3.8, 4) is 5.75 Å². The van der Waals surface area contributed by atoms with Gasteiger partial charge in [-0.05, 0) is 37.6 Å². The lowest BCUT2D eigenvalue weighted by molar-refractivity contribution is 0.362. The summed E-state index contributed by atoms with van der Waals surface area (Å²) in [5.41, 5.74) is 1.26. The zero-order valence-corrected chi connectivity index (χ0v) is 10.2. The zero-order valence-electron chi connectivity index (χ0n) is 10.2. The van der Waals surface area contributed by atoms with Crippen molar-refractivity contribution in [2.45, 2.75) is 26.3 Å². The Labute approximate surface area is 98.3 Å². The molecule has 1 N–H and O–H groups in total. The Balaban J connectivity index is 2.61. The molecule has 0 amide bonds. The molecule has 1 aromatic rings. The SMILES string of the molecule is C=CCOc1cccc(C(C)NCCC)c1. The molecule has 0 aliphatic heterocycles. The molecular formula is C14H21NO. The third-order valence-corrected chi connectivity index (χ3v) is 2.43. The van der Waals surface area contributed by atoms with Gasteiger partial charge in [0, 0.05) is 6.04 Å². The first kappa shape index (κ1) is 12.8. The molecule has 0 aromatic heterocycles. The Morgan fingerprint density at radius 2 is 2.31 bits per heavy atom. The second-order valence-corrected chi connectivity index (χ2v) is 3.85. The predicted octanol–water partition coefficient (Wildman–Crippen LogP) is 3.31. The normalized spacial score (nSPS) is 12.1. The van der Waals surface area contributed by atoms with Gasteiger partial charge < -0.3 is 10.1 Å². The molecule has 0 fully saturated rings. The topological polar surface area (TPSA) is 21.3 Å².